The first kappa shape index (κ1) is 16.0. The van der Waals surface area contributed by atoms with Crippen LogP contribution in [0.25, 0.3) is 0 Å². The first-order valence-corrected chi connectivity index (χ1v) is 6.97. The Bertz CT molecular complexity index is 667. The van der Waals surface area contributed by atoms with Crippen molar-refractivity contribution in [2.75, 3.05) is 24.9 Å². The summed E-state index contributed by atoms with van der Waals surface area (Å²) in [7, 11) is 3.10. The van der Waals surface area contributed by atoms with E-state index in [2.05, 4.69) is 10.6 Å². The van der Waals surface area contributed by atoms with Crippen molar-refractivity contribution < 1.29 is 14.3 Å². The van der Waals surface area contributed by atoms with E-state index >= 15 is 0 Å². The van der Waals surface area contributed by atoms with Gasteiger partial charge in [0.1, 0.15) is 11.5 Å². The Morgan fingerprint density at radius 3 is 2.09 bits per heavy atom. The molecule has 0 atom stereocenters. The van der Waals surface area contributed by atoms with Gasteiger partial charge in [-0.15, -0.1) is 0 Å². The molecule has 2 N–H and O–H groups in total. The second-order valence-electron chi connectivity index (χ2n) is 4.64. The summed E-state index contributed by atoms with van der Waals surface area (Å²) < 4.78 is 10.3. The Labute approximate surface area is 134 Å². The summed E-state index contributed by atoms with van der Waals surface area (Å²) in [6, 6.07) is 10.1. The van der Waals surface area contributed by atoms with Crippen molar-refractivity contribution in [1.29, 1.82) is 0 Å². The number of hydrogen-bond donors (Lipinski definition) is 2. The maximum atomic E-state index is 12.0. The fourth-order valence-corrected chi connectivity index (χ4v) is 2.02. The van der Waals surface area contributed by atoms with Crippen molar-refractivity contribution in [3.8, 4) is 11.5 Å². The Balaban J connectivity index is 2.09. The molecule has 0 aliphatic carbocycles. The van der Waals surface area contributed by atoms with E-state index in [9.17, 15) is 4.79 Å². The highest BCUT2D eigenvalue weighted by molar-refractivity contribution is 6.31. The van der Waals surface area contributed by atoms with E-state index in [4.69, 9.17) is 21.1 Å². The number of hydrogen-bond acceptors (Lipinski definition) is 3. The lowest BCUT2D eigenvalue weighted by molar-refractivity contribution is 0.262. The van der Waals surface area contributed by atoms with Crippen LogP contribution in [0.3, 0.4) is 0 Å². The highest BCUT2D eigenvalue weighted by Gasteiger charge is 2.07. The number of ether oxygens (including phenoxy) is 2. The number of rotatable bonds is 4. The molecule has 0 bridgehead atoms. The smallest absolute Gasteiger partial charge is 0.323 e. The Kier molecular flexibility index (Phi) is 5.12. The van der Waals surface area contributed by atoms with Crippen molar-refractivity contribution in [1.82, 2.24) is 0 Å². The topological polar surface area (TPSA) is 59.6 Å². The SMILES string of the molecule is COc1cc(NC(=O)Nc2ccc(C)c(Cl)c2)cc(OC)c1. The second kappa shape index (κ2) is 7.04. The fourth-order valence-electron chi connectivity index (χ4n) is 1.84. The summed E-state index contributed by atoms with van der Waals surface area (Å²) in [5.41, 5.74) is 2.13. The van der Waals surface area contributed by atoms with Gasteiger partial charge in [0.25, 0.3) is 0 Å². The lowest BCUT2D eigenvalue weighted by atomic mass is 10.2. The number of benzene rings is 2. The van der Waals surface area contributed by atoms with Crippen LogP contribution in [0.1, 0.15) is 5.56 Å². The van der Waals surface area contributed by atoms with Gasteiger partial charge in [-0.25, -0.2) is 4.79 Å². The van der Waals surface area contributed by atoms with Gasteiger partial charge >= 0.3 is 6.03 Å². The molecule has 0 aromatic heterocycles. The molecule has 0 heterocycles. The molecule has 5 nitrogen and oxygen atoms in total. The average Bonchev–Trinajstić information content (AvgIpc) is 2.50. The number of carbonyl (C=O) groups is 1. The van der Waals surface area contributed by atoms with Gasteiger partial charge < -0.3 is 20.1 Å². The summed E-state index contributed by atoms with van der Waals surface area (Å²) in [5, 5.41) is 6.04. The van der Waals surface area contributed by atoms with Gasteiger partial charge in [-0.3, -0.25) is 0 Å². The number of urea groups is 1. The maximum absolute atomic E-state index is 12.0. The van der Waals surface area contributed by atoms with E-state index in [1.807, 2.05) is 13.0 Å². The predicted molar refractivity (Wildman–Crippen MR) is 88.4 cm³/mol. The van der Waals surface area contributed by atoms with Gasteiger partial charge in [-0.1, -0.05) is 17.7 Å². The summed E-state index contributed by atoms with van der Waals surface area (Å²) in [6.45, 7) is 1.90. The van der Waals surface area contributed by atoms with Gasteiger partial charge in [-0.05, 0) is 24.6 Å². The van der Waals surface area contributed by atoms with Crippen LogP contribution in [0, 0.1) is 6.92 Å². The predicted octanol–water partition coefficient (Wildman–Crippen LogP) is 4.31. The highest BCUT2D eigenvalue weighted by Crippen LogP contribution is 2.26. The zero-order valence-electron chi connectivity index (χ0n) is 12.6. The Hall–Kier alpha value is -2.40. The third kappa shape index (κ3) is 4.05. The van der Waals surface area contributed by atoms with Gasteiger partial charge in [0.15, 0.2) is 0 Å². The average molecular weight is 321 g/mol. The monoisotopic (exact) mass is 320 g/mol. The van der Waals surface area contributed by atoms with Crippen LogP contribution in [0.15, 0.2) is 36.4 Å². The third-order valence-corrected chi connectivity index (χ3v) is 3.45. The van der Waals surface area contributed by atoms with Crippen LogP contribution in [-0.2, 0) is 0 Å². The molecule has 2 aromatic rings. The second-order valence-corrected chi connectivity index (χ2v) is 5.05. The highest BCUT2D eigenvalue weighted by atomic mass is 35.5. The number of anilines is 2. The van der Waals surface area contributed by atoms with Crippen LogP contribution in [0.2, 0.25) is 5.02 Å². The van der Waals surface area contributed by atoms with E-state index in [1.54, 1.807) is 44.6 Å². The molecule has 22 heavy (non-hydrogen) atoms. The molecule has 0 saturated carbocycles. The number of methoxy groups -OCH3 is 2. The van der Waals surface area contributed by atoms with Crippen molar-refractivity contribution in [3.63, 3.8) is 0 Å². The molecule has 0 saturated heterocycles. The number of nitrogens with one attached hydrogen (secondary N) is 2. The third-order valence-electron chi connectivity index (χ3n) is 3.04. The summed E-state index contributed by atoms with van der Waals surface area (Å²) >= 11 is 6.03. The van der Waals surface area contributed by atoms with Crippen molar-refractivity contribution in [3.05, 3.63) is 47.0 Å². The van der Waals surface area contributed by atoms with Gasteiger partial charge in [0, 0.05) is 34.6 Å². The van der Waals surface area contributed by atoms with Gasteiger partial charge in [0.05, 0.1) is 14.2 Å². The van der Waals surface area contributed by atoms with E-state index in [-0.39, 0.29) is 6.03 Å². The standard InChI is InChI=1S/C16H17ClN2O3/c1-10-4-5-11(8-15(10)17)18-16(20)19-12-6-13(21-2)9-14(7-12)22-3/h4-9H,1-3H3,(H2,18,19,20). The van der Waals surface area contributed by atoms with Gasteiger partial charge in [-0.2, -0.15) is 0 Å². The number of carbonyl (C=O) groups excluding carboxylic acids is 1. The van der Waals surface area contributed by atoms with Crippen molar-refractivity contribution in [2.24, 2.45) is 0 Å². The fraction of sp³-hybridized carbons (Fsp3) is 0.188. The van der Waals surface area contributed by atoms with Crippen molar-refractivity contribution >= 4 is 29.0 Å². The summed E-state index contributed by atoms with van der Waals surface area (Å²) in [5.74, 6) is 1.18. The molecule has 0 spiro atoms. The first-order valence-electron chi connectivity index (χ1n) is 6.59. The number of halogens is 1. The van der Waals surface area contributed by atoms with Crippen molar-refractivity contribution in [2.45, 2.75) is 6.92 Å². The van der Waals surface area contributed by atoms with Crippen LogP contribution >= 0.6 is 11.6 Å². The lowest BCUT2D eigenvalue weighted by Crippen LogP contribution is -2.19. The minimum atomic E-state index is -0.379. The lowest BCUT2D eigenvalue weighted by Gasteiger charge is -2.11. The largest absolute Gasteiger partial charge is 0.497 e. The molecule has 2 rings (SSSR count). The molecule has 6 heteroatoms. The molecule has 0 radical (unpaired) electrons. The first-order chi connectivity index (χ1) is 10.5. The Morgan fingerprint density at radius 2 is 1.55 bits per heavy atom. The van der Waals surface area contributed by atoms with E-state index < -0.39 is 0 Å². The molecule has 0 fully saturated rings. The molecular formula is C16H17ClN2O3. The van der Waals surface area contributed by atoms with E-state index in [1.165, 1.54) is 0 Å². The van der Waals surface area contributed by atoms with E-state index in [0.717, 1.165) is 5.56 Å². The number of amides is 2. The molecular weight excluding hydrogens is 304 g/mol. The van der Waals surface area contributed by atoms with Crippen LogP contribution < -0.4 is 20.1 Å². The molecule has 116 valence electrons. The van der Waals surface area contributed by atoms with Gasteiger partial charge in [0.2, 0.25) is 0 Å². The quantitative estimate of drug-likeness (QED) is 0.882. The maximum Gasteiger partial charge on any atom is 0.323 e. The van der Waals surface area contributed by atoms with Crippen LogP contribution in [-0.4, -0.2) is 20.3 Å². The molecule has 2 aromatic carbocycles. The van der Waals surface area contributed by atoms with Crippen LogP contribution in [0.4, 0.5) is 16.2 Å². The zero-order valence-corrected chi connectivity index (χ0v) is 13.3. The zero-order chi connectivity index (χ0) is 16.1. The molecule has 0 unspecified atom stereocenters. The molecule has 2 amide bonds. The summed E-state index contributed by atoms with van der Waals surface area (Å²) in [6.07, 6.45) is 0. The Morgan fingerprint density at radius 1 is 0.955 bits per heavy atom. The minimum absolute atomic E-state index is 0.379. The van der Waals surface area contributed by atoms with Crippen LogP contribution in [0.5, 0.6) is 11.5 Å². The normalized spacial score (nSPS) is 10.0. The molecule has 0 aliphatic rings. The number of aryl methyl sites for hydroxylation is 1. The van der Waals surface area contributed by atoms with E-state index in [0.29, 0.717) is 27.9 Å². The minimum Gasteiger partial charge on any atom is -0.497 e. The summed E-state index contributed by atoms with van der Waals surface area (Å²) in [4.78, 5) is 12.0. The molecule has 0 aliphatic heterocycles.